The monoisotopic (exact) mass is 171 g/mol. The summed E-state index contributed by atoms with van der Waals surface area (Å²) in [5, 5.41) is 9.04. The maximum atomic E-state index is 9.04. The van der Waals surface area contributed by atoms with E-state index in [0.717, 1.165) is 25.9 Å². The summed E-state index contributed by atoms with van der Waals surface area (Å²) in [6, 6.07) is 0. The number of hydrogen-bond acceptors (Lipinski definition) is 2. The maximum absolute atomic E-state index is 9.04. The normalized spacial score (nSPS) is 13.4. The molecule has 12 heavy (non-hydrogen) atoms. The van der Waals surface area contributed by atoms with Crippen molar-refractivity contribution >= 4 is 0 Å². The molecule has 2 nitrogen and oxygen atoms in total. The molecule has 72 valence electrons. The number of hydrogen-bond donors (Lipinski definition) is 1. The number of aliphatic hydroxyl groups is 1. The van der Waals surface area contributed by atoms with Crippen LogP contribution < -0.4 is 0 Å². The lowest BCUT2D eigenvalue weighted by atomic mass is 10.2. The first-order valence-electron chi connectivity index (χ1n) is 4.59. The van der Waals surface area contributed by atoms with Crippen LogP contribution in [-0.2, 0) is 0 Å². The lowest BCUT2D eigenvalue weighted by Crippen LogP contribution is -2.24. The van der Waals surface area contributed by atoms with Crippen molar-refractivity contribution in [3.8, 4) is 0 Å². The van der Waals surface area contributed by atoms with E-state index in [1.807, 2.05) is 6.92 Å². The smallest absolute Gasteiger partial charge is 0.0524 e. The van der Waals surface area contributed by atoms with Crippen molar-refractivity contribution in [3.05, 3.63) is 12.2 Å². The topological polar surface area (TPSA) is 23.5 Å². The van der Waals surface area contributed by atoms with Gasteiger partial charge in [0.05, 0.1) is 6.10 Å². The third-order valence-electron chi connectivity index (χ3n) is 1.92. The van der Waals surface area contributed by atoms with Gasteiger partial charge < -0.3 is 10.0 Å². The number of rotatable bonds is 6. The van der Waals surface area contributed by atoms with Crippen LogP contribution >= 0.6 is 0 Å². The second-order valence-electron chi connectivity index (χ2n) is 3.48. The van der Waals surface area contributed by atoms with Crippen LogP contribution in [0, 0.1) is 0 Å². The molecule has 0 bridgehead atoms. The van der Waals surface area contributed by atoms with E-state index >= 15 is 0 Å². The van der Waals surface area contributed by atoms with E-state index in [4.69, 9.17) is 5.11 Å². The first-order chi connectivity index (χ1) is 5.56. The average molecular weight is 171 g/mol. The highest BCUT2D eigenvalue weighted by Crippen LogP contribution is 2.00. The van der Waals surface area contributed by atoms with Crippen molar-refractivity contribution in [2.45, 2.75) is 32.8 Å². The molecule has 0 amide bonds. The van der Waals surface area contributed by atoms with Crippen molar-refractivity contribution in [2.75, 3.05) is 20.1 Å². The second-order valence-corrected chi connectivity index (χ2v) is 3.48. The van der Waals surface area contributed by atoms with Crippen LogP contribution in [0.5, 0.6) is 0 Å². The summed E-state index contributed by atoms with van der Waals surface area (Å²) in [5.41, 5.74) is 1.25. The highest BCUT2D eigenvalue weighted by Gasteiger charge is 2.01. The second kappa shape index (κ2) is 6.21. The fourth-order valence-electron chi connectivity index (χ4n) is 0.980. The van der Waals surface area contributed by atoms with Gasteiger partial charge in [0.25, 0.3) is 0 Å². The van der Waals surface area contributed by atoms with Crippen LogP contribution in [0.4, 0.5) is 0 Å². The molecule has 1 atom stereocenters. The van der Waals surface area contributed by atoms with E-state index < -0.39 is 0 Å². The van der Waals surface area contributed by atoms with Gasteiger partial charge in [0, 0.05) is 13.1 Å². The molecule has 1 N–H and O–H groups in total. The first-order valence-corrected chi connectivity index (χ1v) is 4.59. The zero-order valence-electron chi connectivity index (χ0n) is 8.51. The van der Waals surface area contributed by atoms with Crippen molar-refractivity contribution < 1.29 is 5.11 Å². The Morgan fingerprint density at radius 2 is 2.17 bits per heavy atom. The van der Waals surface area contributed by atoms with Crippen molar-refractivity contribution in [3.63, 3.8) is 0 Å². The van der Waals surface area contributed by atoms with E-state index in [1.54, 1.807) is 0 Å². The predicted octanol–water partition coefficient (Wildman–Crippen LogP) is 1.66. The van der Waals surface area contributed by atoms with Gasteiger partial charge in [-0.3, -0.25) is 0 Å². The Hall–Kier alpha value is -0.340. The first kappa shape index (κ1) is 11.7. The van der Waals surface area contributed by atoms with Gasteiger partial charge in [-0.25, -0.2) is 0 Å². The van der Waals surface area contributed by atoms with Crippen molar-refractivity contribution in [1.29, 1.82) is 0 Å². The SMILES string of the molecule is C=C(CC)CN(C)CCC(C)O. The Morgan fingerprint density at radius 1 is 1.58 bits per heavy atom. The molecule has 0 radical (unpaired) electrons. The Bertz CT molecular complexity index is 132. The maximum Gasteiger partial charge on any atom is 0.0524 e. The molecule has 0 rings (SSSR count). The van der Waals surface area contributed by atoms with E-state index in [-0.39, 0.29) is 6.10 Å². The Labute approximate surface area is 75.9 Å². The van der Waals surface area contributed by atoms with Gasteiger partial charge >= 0.3 is 0 Å². The molecule has 0 aromatic rings. The summed E-state index contributed by atoms with van der Waals surface area (Å²) in [6.45, 7) is 9.76. The van der Waals surface area contributed by atoms with Gasteiger partial charge in [0.1, 0.15) is 0 Å². The number of nitrogens with zero attached hydrogens (tertiary/aromatic N) is 1. The van der Waals surface area contributed by atoms with Crippen LogP contribution in [0.1, 0.15) is 26.7 Å². The highest BCUT2D eigenvalue weighted by atomic mass is 16.3. The molecule has 0 aliphatic heterocycles. The van der Waals surface area contributed by atoms with E-state index in [2.05, 4.69) is 25.5 Å². The Kier molecular flexibility index (Phi) is 6.03. The molecule has 0 saturated heterocycles. The molecule has 0 aromatic carbocycles. The molecule has 0 saturated carbocycles. The van der Waals surface area contributed by atoms with Crippen LogP contribution in [0.3, 0.4) is 0 Å². The minimum atomic E-state index is -0.192. The average Bonchev–Trinajstić information content (AvgIpc) is 2.00. The Balaban J connectivity index is 3.45. The zero-order valence-corrected chi connectivity index (χ0v) is 8.51. The molecular formula is C10H21NO. The van der Waals surface area contributed by atoms with Crippen molar-refractivity contribution in [1.82, 2.24) is 4.90 Å². The Morgan fingerprint density at radius 3 is 2.58 bits per heavy atom. The summed E-state index contributed by atoms with van der Waals surface area (Å²) in [4.78, 5) is 2.19. The fraction of sp³-hybridized carbons (Fsp3) is 0.800. The van der Waals surface area contributed by atoms with Crippen LogP contribution in [0.25, 0.3) is 0 Å². The summed E-state index contributed by atoms with van der Waals surface area (Å²) in [7, 11) is 2.06. The zero-order chi connectivity index (χ0) is 9.56. The molecule has 2 heteroatoms. The summed E-state index contributed by atoms with van der Waals surface area (Å²) in [5.74, 6) is 0. The van der Waals surface area contributed by atoms with Crippen LogP contribution in [0.15, 0.2) is 12.2 Å². The summed E-state index contributed by atoms with van der Waals surface area (Å²) in [6.07, 6.45) is 1.69. The van der Waals surface area contributed by atoms with Crippen LogP contribution in [0.2, 0.25) is 0 Å². The minimum Gasteiger partial charge on any atom is -0.393 e. The summed E-state index contributed by atoms with van der Waals surface area (Å²) < 4.78 is 0. The van der Waals surface area contributed by atoms with E-state index in [9.17, 15) is 0 Å². The van der Waals surface area contributed by atoms with Gasteiger partial charge in [0.15, 0.2) is 0 Å². The molecular weight excluding hydrogens is 150 g/mol. The molecule has 0 fully saturated rings. The molecule has 0 aliphatic carbocycles. The van der Waals surface area contributed by atoms with Gasteiger partial charge in [0.2, 0.25) is 0 Å². The van der Waals surface area contributed by atoms with Gasteiger partial charge in [-0.1, -0.05) is 19.1 Å². The third-order valence-corrected chi connectivity index (χ3v) is 1.92. The minimum absolute atomic E-state index is 0.192. The van der Waals surface area contributed by atoms with Gasteiger partial charge in [-0.2, -0.15) is 0 Å². The van der Waals surface area contributed by atoms with E-state index in [1.165, 1.54) is 5.57 Å². The molecule has 0 heterocycles. The third kappa shape index (κ3) is 6.38. The highest BCUT2D eigenvalue weighted by molar-refractivity contribution is 4.95. The van der Waals surface area contributed by atoms with Crippen LogP contribution in [-0.4, -0.2) is 36.2 Å². The van der Waals surface area contributed by atoms with Gasteiger partial charge in [-0.15, -0.1) is 0 Å². The summed E-state index contributed by atoms with van der Waals surface area (Å²) >= 11 is 0. The number of aliphatic hydroxyl groups excluding tert-OH is 1. The molecule has 0 aromatic heterocycles. The largest absolute Gasteiger partial charge is 0.393 e. The molecule has 0 aliphatic rings. The lowest BCUT2D eigenvalue weighted by Gasteiger charge is -2.18. The lowest BCUT2D eigenvalue weighted by molar-refractivity contribution is 0.166. The molecule has 1 unspecified atom stereocenters. The van der Waals surface area contributed by atoms with Crippen molar-refractivity contribution in [2.24, 2.45) is 0 Å². The van der Waals surface area contributed by atoms with E-state index in [0.29, 0.717) is 0 Å². The quantitative estimate of drug-likeness (QED) is 0.614. The molecule has 0 spiro atoms. The standard InChI is InChI=1S/C10H21NO/c1-5-9(2)8-11(4)7-6-10(3)12/h10,12H,2,5-8H2,1,3-4H3. The predicted molar refractivity (Wildman–Crippen MR) is 53.2 cm³/mol. The fourth-order valence-corrected chi connectivity index (χ4v) is 0.980. The van der Waals surface area contributed by atoms with Gasteiger partial charge in [-0.05, 0) is 26.8 Å². The number of likely N-dealkylation sites (N-methyl/N-ethyl adjacent to an activating group) is 1.